The Hall–Kier alpha value is -0.300. The zero-order chi connectivity index (χ0) is 11.6. The predicted octanol–water partition coefficient (Wildman–Crippen LogP) is 4.45. The lowest BCUT2D eigenvalue weighted by Gasteiger charge is -2.13. The molecule has 0 aromatic heterocycles. The van der Waals surface area contributed by atoms with Gasteiger partial charge in [0.05, 0.1) is 6.10 Å². The molecule has 1 rings (SSSR count). The fourth-order valence-electron chi connectivity index (χ4n) is 2.72. The second-order valence-corrected chi connectivity index (χ2v) is 5.31. The highest BCUT2D eigenvalue weighted by molar-refractivity contribution is 4.69. The van der Waals surface area contributed by atoms with Crippen molar-refractivity contribution in [3.8, 4) is 0 Å². The Labute approximate surface area is 101 Å². The second-order valence-electron chi connectivity index (χ2n) is 5.31. The fourth-order valence-corrected chi connectivity index (χ4v) is 2.72. The van der Waals surface area contributed by atoms with Gasteiger partial charge in [-0.15, -0.1) is 6.58 Å². The van der Waals surface area contributed by atoms with Crippen LogP contribution in [0.3, 0.4) is 0 Å². The van der Waals surface area contributed by atoms with Crippen molar-refractivity contribution in [1.29, 1.82) is 0 Å². The van der Waals surface area contributed by atoms with E-state index in [0.717, 1.165) is 25.2 Å². The van der Waals surface area contributed by atoms with Crippen molar-refractivity contribution >= 4 is 0 Å². The number of hydrogen-bond donors (Lipinski definition) is 1. The third-order valence-electron chi connectivity index (χ3n) is 3.83. The molecule has 0 aliphatic heterocycles. The number of hydrogen-bond acceptors (Lipinski definition) is 1. The van der Waals surface area contributed by atoms with E-state index in [9.17, 15) is 5.11 Å². The van der Waals surface area contributed by atoms with Gasteiger partial charge in [0, 0.05) is 0 Å². The normalized spacial score (nSPS) is 18.8. The van der Waals surface area contributed by atoms with Crippen LogP contribution in [-0.2, 0) is 0 Å². The highest BCUT2D eigenvalue weighted by atomic mass is 16.3. The van der Waals surface area contributed by atoms with E-state index in [0.29, 0.717) is 0 Å². The Balaban J connectivity index is 1.89. The first-order valence-corrected chi connectivity index (χ1v) is 7.12. The van der Waals surface area contributed by atoms with Crippen molar-refractivity contribution in [3.05, 3.63) is 12.7 Å². The van der Waals surface area contributed by atoms with E-state index >= 15 is 0 Å². The number of aliphatic hydroxyl groups is 1. The maximum Gasteiger partial charge on any atom is 0.0540 e. The van der Waals surface area contributed by atoms with E-state index in [4.69, 9.17) is 0 Å². The van der Waals surface area contributed by atoms with Gasteiger partial charge in [-0.2, -0.15) is 0 Å². The molecule has 1 N–H and O–H groups in total. The van der Waals surface area contributed by atoms with Crippen molar-refractivity contribution in [2.75, 3.05) is 0 Å². The highest BCUT2D eigenvalue weighted by Gasteiger charge is 2.16. The monoisotopic (exact) mass is 224 g/mol. The molecule has 1 aliphatic rings. The molecule has 1 fully saturated rings. The van der Waals surface area contributed by atoms with Crippen molar-refractivity contribution in [3.63, 3.8) is 0 Å². The molecule has 0 heterocycles. The standard InChI is InChI=1S/C15H28O/c1-2-3-4-5-6-11-15(16)13-12-14-9-7-8-10-14/h2,14-16H,1,3-13H2. The summed E-state index contributed by atoms with van der Waals surface area (Å²) in [6.07, 6.45) is 15.7. The summed E-state index contributed by atoms with van der Waals surface area (Å²) in [6, 6.07) is 0. The van der Waals surface area contributed by atoms with Gasteiger partial charge >= 0.3 is 0 Å². The van der Waals surface area contributed by atoms with Crippen molar-refractivity contribution in [1.82, 2.24) is 0 Å². The van der Waals surface area contributed by atoms with Crippen LogP contribution in [0.2, 0.25) is 0 Å². The minimum Gasteiger partial charge on any atom is -0.393 e. The molecule has 1 nitrogen and oxygen atoms in total. The van der Waals surface area contributed by atoms with Gasteiger partial charge in [-0.25, -0.2) is 0 Å². The first kappa shape index (κ1) is 13.8. The Kier molecular flexibility index (Phi) is 7.58. The molecule has 0 aromatic carbocycles. The van der Waals surface area contributed by atoms with Crippen LogP contribution in [0.4, 0.5) is 0 Å². The first-order chi connectivity index (χ1) is 7.83. The SMILES string of the molecule is C=CCCCCCC(O)CCC1CCCC1. The molecule has 16 heavy (non-hydrogen) atoms. The number of aliphatic hydroxyl groups excluding tert-OH is 1. The maximum atomic E-state index is 9.85. The first-order valence-electron chi connectivity index (χ1n) is 7.12. The van der Waals surface area contributed by atoms with E-state index in [1.165, 1.54) is 51.4 Å². The summed E-state index contributed by atoms with van der Waals surface area (Å²) >= 11 is 0. The van der Waals surface area contributed by atoms with Crippen LogP contribution in [0.15, 0.2) is 12.7 Å². The Morgan fingerprint density at radius 2 is 1.88 bits per heavy atom. The van der Waals surface area contributed by atoms with Crippen LogP contribution in [0.1, 0.15) is 70.6 Å². The number of rotatable bonds is 9. The van der Waals surface area contributed by atoms with E-state index in [-0.39, 0.29) is 6.10 Å². The molecule has 0 saturated heterocycles. The predicted molar refractivity (Wildman–Crippen MR) is 70.5 cm³/mol. The molecular formula is C15H28O. The third-order valence-corrected chi connectivity index (χ3v) is 3.83. The summed E-state index contributed by atoms with van der Waals surface area (Å²) in [4.78, 5) is 0. The lowest BCUT2D eigenvalue weighted by molar-refractivity contribution is 0.141. The maximum absolute atomic E-state index is 9.85. The molecule has 0 bridgehead atoms. The summed E-state index contributed by atoms with van der Waals surface area (Å²) in [5.41, 5.74) is 0. The molecule has 0 spiro atoms. The molecule has 94 valence electrons. The quantitative estimate of drug-likeness (QED) is 0.453. The summed E-state index contributed by atoms with van der Waals surface area (Å²) in [6.45, 7) is 3.72. The van der Waals surface area contributed by atoms with Gasteiger partial charge in [0.15, 0.2) is 0 Å². The smallest absolute Gasteiger partial charge is 0.0540 e. The Bertz CT molecular complexity index is 170. The van der Waals surface area contributed by atoms with Gasteiger partial charge in [0.2, 0.25) is 0 Å². The average molecular weight is 224 g/mol. The van der Waals surface area contributed by atoms with Crippen LogP contribution in [-0.4, -0.2) is 11.2 Å². The molecule has 0 aromatic rings. The lowest BCUT2D eigenvalue weighted by atomic mass is 9.97. The van der Waals surface area contributed by atoms with E-state index in [2.05, 4.69) is 6.58 Å². The Morgan fingerprint density at radius 1 is 1.12 bits per heavy atom. The molecule has 1 heteroatoms. The summed E-state index contributed by atoms with van der Waals surface area (Å²) in [7, 11) is 0. The molecule has 1 aliphatic carbocycles. The van der Waals surface area contributed by atoms with Gasteiger partial charge in [-0.3, -0.25) is 0 Å². The van der Waals surface area contributed by atoms with Crippen molar-refractivity contribution in [2.45, 2.75) is 76.7 Å². The summed E-state index contributed by atoms with van der Waals surface area (Å²) in [5.74, 6) is 0.926. The lowest BCUT2D eigenvalue weighted by Crippen LogP contribution is -2.08. The third kappa shape index (κ3) is 6.32. The molecular weight excluding hydrogens is 196 g/mol. The minimum absolute atomic E-state index is 0.0377. The van der Waals surface area contributed by atoms with Crippen molar-refractivity contribution in [2.24, 2.45) is 5.92 Å². The van der Waals surface area contributed by atoms with E-state index < -0.39 is 0 Å². The number of allylic oxidation sites excluding steroid dienone is 1. The topological polar surface area (TPSA) is 20.2 Å². The van der Waals surface area contributed by atoms with E-state index in [1.54, 1.807) is 0 Å². The zero-order valence-corrected chi connectivity index (χ0v) is 10.7. The van der Waals surface area contributed by atoms with Gasteiger partial charge < -0.3 is 5.11 Å². The highest BCUT2D eigenvalue weighted by Crippen LogP contribution is 2.29. The molecule has 0 radical (unpaired) electrons. The Morgan fingerprint density at radius 3 is 2.56 bits per heavy atom. The van der Waals surface area contributed by atoms with Crippen LogP contribution < -0.4 is 0 Å². The van der Waals surface area contributed by atoms with E-state index in [1.807, 2.05) is 6.08 Å². The molecule has 1 unspecified atom stereocenters. The van der Waals surface area contributed by atoms with Crippen molar-refractivity contribution < 1.29 is 5.11 Å². The summed E-state index contributed by atoms with van der Waals surface area (Å²) in [5, 5.41) is 9.85. The molecule has 1 saturated carbocycles. The minimum atomic E-state index is -0.0377. The van der Waals surface area contributed by atoms with Crippen LogP contribution in [0, 0.1) is 5.92 Å². The van der Waals surface area contributed by atoms with Gasteiger partial charge in [0.1, 0.15) is 0 Å². The van der Waals surface area contributed by atoms with Crippen LogP contribution >= 0.6 is 0 Å². The zero-order valence-electron chi connectivity index (χ0n) is 10.7. The summed E-state index contributed by atoms with van der Waals surface area (Å²) < 4.78 is 0. The fraction of sp³-hybridized carbons (Fsp3) is 0.867. The molecule has 0 amide bonds. The van der Waals surface area contributed by atoms with Gasteiger partial charge in [-0.05, 0) is 38.0 Å². The van der Waals surface area contributed by atoms with Crippen LogP contribution in [0.25, 0.3) is 0 Å². The van der Waals surface area contributed by atoms with Crippen LogP contribution in [0.5, 0.6) is 0 Å². The largest absolute Gasteiger partial charge is 0.393 e. The second kappa shape index (κ2) is 8.81. The molecule has 1 atom stereocenters. The average Bonchev–Trinajstić information content (AvgIpc) is 2.79. The van der Waals surface area contributed by atoms with Gasteiger partial charge in [0.25, 0.3) is 0 Å². The van der Waals surface area contributed by atoms with Gasteiger partial charge in [-0.1, -0.05) is 44.6 Å². The number of unbranched alkanes of at least 4 members (excludes halogenated alkanes) is 3.